The van der Waals surface area contributed by atoms with E-state index in [4.69, 9.17) is 0 Å². The van der Waals surface area contributed by atoms with Gasteiger partial charge in [-0.1, -0.05) is 48.9 Å². The first kappa shape index (κ1) is 29.1. The Morgan fingerprint density at radius 2 is 1.43 bits per heavy atom. The van der Waals surface area contributed by atoms with E-state index in [0.717, 1.165) is 23.0 Å². The highest BCUT2D eigenvalue weighted by atomic mass is 19.1. The van der Waals surface area contributed by atoms with E-state index >= 15 is 0 Å². The summed E-state index contributed by atoms with van der Waals surface area (Å²) in [5.41, 5.74) is 3.16. The Labute approximate surface area is 264 Å². The zero-order valence-corrected chi connectivity index (χ0v) is 24.7. The molecule has 1 saturated carbocycles. The largest absolute Gasteiger partial charge is 0.322 e. The summed E-state index contributed by atoms with van der Waals surface area (Å²) in [5.74, 6) is -2.94. The summed E-state index contributed by atoms with van der Waals surface area (Å²) in [5, 5.41) is 2.76. The monoisotopic (exact) mass is 616 g/mol. The van der Waals surface area contributed by atoms with Gasteiger partial charge in [-0.25, -0.2) is 4.39 Å². The number of hydrogen-bond acceptors (Lipinski definition) is 5. The minimum absolute atomic E-state index is 0.102. The van der Waals surface area contributed by atoms with Crippen molar-refractivity contribution in [2.75, 3.05) is 21.7 Å². The molecule has 7 rings (SSSR count). The van der Waals surface area contributed by atoms with Crippen LogP contribution in [-0.4, -0.2) is 47.0 Å². The highest BCUT2D eigenvalue weighted by molar-refractivity contribution is 6.23. The van der Waals surface area contributed by atoms with Crippen molar-refractivity contribution in [3.63, 3.8) is 0 Å². The lowest BCUT2D eigenvalue weighted by Gasteiger charge is -2.31. The van der Waals surface area contributed by atoms with E-state index in [9.17, 15) is 28.4 Å². The maximum Gasteiger partial charge on any atom is 0.262 e. The molecule has 0 aromatic heterocycles. The van der Waals surface area contributed by atoms with E-state index in [0.29, 0.717) is 29.9 Å². The summed E-state index contributed by atoms with van der Waals surface area (Å²) in [6, 6.07) is 25.8. The van der Waals surface area contributed by atoms with Gasteiger partial charge in [0.25, 0.3) is 17.7 Å². The molecule has 2 heterocycles. The molecule has 0 unspecified atom stereocenters. The smallest absolute Gasteiger partial charge is 0.262 e. The maximum atomic E-state index is 14.1. The van der Waals surface area contributed by atoms with Gasteiger partial charge in [0, 0.05) is 17.3 Å². The number of nitrogens with zero attached hydrogens (tertiary/aromatic N) is 3. The van der Waals surface area contributed by atoms with Crippen LogP contribution in [-0.2, 0) is 16.1 Å². The Morgan fingerprint density at radius 3 is 2.13 bits per heavy atom. The van der Waals surface area contributed by atoms with Crippen molar-refractivity contribution < 1.29 is 28.4 Å². The zero-order chi connectivity index (χ0) is 31.9. The number of hydrogen-bond donors (Lipinski definition) is 1. The predicted molar refractivity (Wildman–Crippen MR) is 169 cm³/mol. The number of carbonyl (C=O) groups excluding carboxylic acids is 5. The first-order valence-electron chi connectivity index (χ1n) is 15.1. The van der Waals surface area contributed by atoms with Crippen LogP contribution in [0.3, 0.4) is 0 Å². The number of halogens is 1. The molecule has 0 bridgehead atoms. The molecular formula is C36H29FN4O5. The van der Waals surface area contributed by atoms with E-state index in [1.807, 2.05) is 0 Å². The number of anilines is 3. The van der Waals surface area contributed by atoms with Gasteiger partial charge in [-0.05, 0) is 73.0 Å². The number of fused-ring (bicyclic) bond motifs is 3. The van der Waals surface area contributed by atoms with Crippen LogP contribution in [0.25, 0.3) is 0 Å². The Bertz CT molecular complexity index is 1870. The summed E-state index contributed by atoms with van der Waals surface area (Å²) >= 11 is 0. The average molecular weight is 617 g/mol. The van der Waals surface area contributed by atoms with E-state index in [1.165, 1.54) is 18.2 Å². The van der Waals surface area contributed by atoms with Crippen molar-refractivity contribution in [3.05, 3.63) is 125 Å². The van der Waals surface area contributed by atoms with Gasteiger partial charge in [0.2, 0.25) is 11.8 Å². The highest BCUT2D eigenvalue weighted by Crippen LogP contribution is 2.43. The molecule has 9 nitrogen and oxygen atoms in total. The van der Waals surface area contributed by atoms with Crippen molar-refractivity contribution in [3.8, 4) is 0 Å². The van der Waals surface area contributed by atoms with Crippen molar-refractivity contribution in [1.82, 2.24) is 4.90 Å². The SMILES string of the molecule is O=C(Nc1ccc(CN2C(=O)[C@H]3CCC[C@H]3N(C(=O)CN3C(=O)c4ccccc4C3=O)c3ccccc32)cc1)c1cccc(F)c1. The lowest BCUT2D eigenvalue weighted by molar-refractivity contribution is -0.123. The topological polar surface area (TPSA) is 107 Å². The van der Waals surface area contributed by atoms with Crippen LogP contribution in [0.5, 0.6) is 0 Å². The number of benzene rings is 4. The molecule has 4 aromatic carbocycles. The predicted octanol–water partition coefficient (Wildman–Crippen LogP) is 5.42. The molecular weight excluding hydrogens is 587 g/mol. The summed E-state index contributed by atoms with van der Waals surface area (Å²) in [6.45, 7) is -0.210. The van der Waals surface area contributed by atoms with Crippen molar-refractivity contribution >= 4 is 46.6 Å². The van der Waals surface area contributed by atoms with Crippen molar-refractivity contribution in [2.24, 2.45) is 5.92 Å². The first-order valence-corrected chi connectivity index (χ1v) is 15.1. The lowest BCUT2D eigenvalue weighted by Crippen LogP contribution is -2.49. The van der Waals surface area contributed by atoms with Crippen molar-refractivity contribution in [1.29, 1.82) is 0 Å². The van der Waals surface area contributed by atoms with Gasteiger partial charge >= 0.3 is 0 Å². The second-order valence-corrected chi connectivity index (χ2v) is 11.7. The van der Waals surface area contributed by atoms with Gasteiger partial charge in [0.05, 0.1) is 35.0 Å². The molecule has 2 atom stereocenters. The fourth-order valence-electron chi connectivity index (χ4n) is 6.72. The van der Waals surface area contributed by atoms with E-state index in [2.05, 4.69) is 5.32 Å². The van der Waals surface area contributed by atoms with Crippen LogP contribution < -0.4 is 15.1 Å². The number of para-hydroxylation sites is 2. The third kappa shape index (κ3) is 5.11. The number of amides is 5. The van der Waals surface area contributed by atoms with Gasteiger partial charge < -0.3 is 15.1 Å². The second-order valence-electron chi connectivity index (χ2n) is 11.7. The van der Waals surface area contributed by atoms with Gasteiger partial charge in [-0.15, -0.1) is 0 Å². The molecule has 2 aliphatic heterocycles. The fraction of sp³-hybridized carbons (Fsp3) is 0.194. The molecule has 1 aliphatic carbocycles. The molecule has 0 radical (unpaired) electrons. The Hall–Kier alpha value is -5.64. The molecule has 1 N–H and O–H groups in total. The Balaban J connectivity index is 1.15. The normalized spacial score (nSPS) is 18.6. The van der Waals surface area contributed by atoms with Crippen LogP contribution in [0, 0.1) is 11.7 Å². The molecule has 5 amide bonds. The fourth-order valence-corrected chi connectivity index (χ4v) is 6.72. The van der Waals surface area contributed by atoms with Gasteiger partial charge in [0.1, 0.15) is 12.4 Å². The number of carbonyl (C=O) groups is 5. The third-order valence-electron chi connectivity index (χ3n) is 8.91. The van der Waals surface area contributed by atoms with E-state index in [1.54, 1.807) is 82.6 Å². The van der Waals surface area contributed by atoms with E-state index < -0.39 is 48.0 Å². The highest BCUT2D eigenvalue weighted by Gasteiger charge is 2.47. The molecule has 0 spiro atoms. The Kier molecular flexibility index (Phi) is 7.40. The second kappa shape index (κ2) is 11.7. The minimum atomic E-state index is -0.506. The molecule has 4 aromatic rings. The first-order chi connectivity index (χ1) is 22.3. The minimum Gasteiger partial charge on any atom is -0.322 e. The molecule has 10 heteroatoms. The van der Waals surface area contributed by atoms with Crippen LogP contribution in [0.15, 0.2) is 97.1 Å². The quantitative estimate of drug-likeness (QED) is 0.291. The third-order valence-corrected chi connectivity index (χ3v) is 8.91. The zero-order valence-electron chi connectivity index (χ0n) is 24.7. The van der Waals surface area contributed by atoms with Crippen LogP contribution in [0.1, 0.15) is 55.9 Å². The molecule has 46 heavy (non-hydrogen) atoms. The van der Waals surface area contributed by atoms with Gasteiger partial charge in [-0.2, -0.15) is 0 Å². The van der Waals surface area contributed by atoms with Gasteiger partial charge in [-0.3, -0.25) is 28.9 Å². The molecule has 3 aliphatic rings. The number of nitrogens with one attached hydrogen (secondary N) is 1. The summed E-state index contributed by atoms with van der Waals surface area (Å²) in [6.07, 6.45) is 1.98. The summed E-state index contributed by atoms with van der Waals surface area (Å²) in [7, 11) is 0. The molecule has 1 fully saturated rings. The van der Waals surface area contributed by atoms with Crippen molar-refractivity contribution in [2.45, 2.75) is 31.8 Å². The lowest BCUT2D eigenvalue weighted by atomic mass is 10.0. The number of rotatable bonds is 6. The van der Waals surface area contributed by atoms with Gasteiger partial charge in [0.15, 0.2) is 0 Å². The van der Waals surface area contributed by atoms with Crippen LogP contribution >= 0.6 is 0 Å². The molecule has 230 valence electrons. The number of imide groups is 1. The molecule has 0 saturated heterocycles. The van der Waals surface area contributed by atoms with E-state index in [-0.39, 0.29) is 29.1 Å². The standard InChI is InChI=1S/C36H29FN4O5/c37-24-8-5-7-23(19-24)33(43)38-25-17-15-22(16-18-25)20-39-30-12-3-4-13-31(30)41(29-14-6-11-28(29)36(39)46)32(42)21-40-34(44)26-9-1-2-10-27(26)35(40)45/h1-5,7-10,12-13,15-19,28-29H,6,11,14,20-21H2,(H,38,43)/t28-,29+/m0/s1. The van der Waals surface area contributed by atoms with Crippen LogP contribution in [0.2, 0.25) is 0 Å². The summed E-state index contributed by atoms with van der Waals surface area (Å²) < 4.78 is 13.6. The Morgan fingerprint density at radius 1 is 0.761 bits per heavy atom. The van der Waals surface area contributed by atoms with Crippen LogP contribution in [0.4, 0.5) is 21.5 Å². The summed E-state index contributed by atoms with van der Waals surface area (Å²) in [4.78, 5) is 71.2. The maximum absolute atomic E-state index is 14.1. The average Bonchev–Trinajstić information content (AvgIpc) is 3.61.